The largest absolute Gasteiger partial charge is 0.312 e. The second-order valence-corrected chi connectivity index (χ2v) is 9.12. The highest BCUT2D eigenvalue weighted by Gasteiger charge is 2.24. The van der Waals surface area contributed by atoms with E-state index in [-0.39, 0.29) is 0 Å². The third-order valence-corrected chi connectivity index (χ3v) is 5.35. The van der Waals surface area contributed by atoms with Crippen molar-refractivity contribution in [1.29, 1.82) is 0 Å². The second kappa shape index (κ2) is 7.75. The number of thiophene rings is 1. The summed E-state index contributed by atoms with van der Waals surface area (Å²) in [6, 6.07) is 2.96. The Balaban J connectivity index is 2.62. The highest BCUT2D eigenvalue weighted by Crippen LogP contribution is 2.27. The minimum atomic E-state index is 0.320. The SMILES string of the molecule is Cc1sc(CNCC(C)C)cc1CN(C)C(C)C(C)(C)C. The third-order valence-electron chi connectivity index (χ3n) is 4.26. The molecule has 0 aliphatic rings. The Bertz CT molecular complexity index is 429. The number of hydrogen-bond acceptors (Lipinski definition) is 3. The summed E-state index contributed by atoms with van der Waals surface area (Å²) in [5, 5.41) is 3.54. The molecule has 1 unspecified atom stereocenters. The van der Waals surface area contributed by atoms with E-state index in [1.165, 1.54) is 15.3 Å². The van der Waals surface area contributed by atoms with Gasteiger partial charge in [0.15, 0.2) is 0 Å². The fourth-order valence-corrected chi connectivity index (χ4v) is 3.41. The molecule has 0 saturated carbocycles. The van der Waals surface area contributed by atoms with Crippen LogP contribution in [0.1, 0.15) is 56.9 Å². The van der Waals surface area contributed by atoms with E-state index in [1.54, 1.807) is 0 Å². The standard InChI is InChI=1S/C18H34N2S/c1-13(2)10-19-11-17-9-16(14(3)21-17)12-20(8)15(4)18(5,6)7/h9,13,15,19H,10-12H2,1-8H3. The molecule has 0 spiro atoms. The van der Waals surface area contributed by atoms with Crippen LogP contribution >= 0.6 is 11.3 Å². The topological polar surface area (TPSA) is 15.3 Å². The van der Waals surface area contributed by atoms with Crippen molar-refractivity contribution in [3.05, 3.63) is 21.4 Å². The molecule has 1 aromatic rings. The van der Waals surface area contributed by atoms with Crippen molar-refractivity contribution in [2.45, 2.75) is 67.6 Å². The maximum absolute atomic E-state index is 3.54. The fourth-order valence-electron chi connectivity index (χ4n) is 2.38. The monoisotopic (exact) mass is 310 g/mol. The molecule has 0 saturated heterocycles. The van der Waals surface area contributed by atoms with Gasteiger partial charge in [-0.3, -0.25) is 4.90 Å². The van der Waals surface area contributed by atoms with Crippen LogP contribution in [0.5, 0.6) is 0 Å². The predicted molar refractivity (Wildman–Crippen MR) is 96.0 cm³/mol. The van der Waals surface area contributed by atoms with Gasteiger partial charge < -0.3 is 5.32 Å². The summed E-state index contributed by atoms with van der Waals surface area (Å²) in [6.45, 7) is 19.2. The van der Waals surface area contributed by atoms with Gasteiger partial charge in [-0.05, 0) is 50.4 Å². The van der Waals surface area contributed by atoms with Gasteiger partial charge >= 0.3 is 0 Å². The Hall–Kier alpha value is -0.380. The molecular formula is C18H34N2S. The van der Waals surface area contributed by atoms with Crippen LogP contribution in [0.15, 0.2) is 6.07 Å². The average Bonchev–Trinajstić information content (AvgIpc) is 2.67. The van der Waals surface area contributed by atoms with Gasteiger partial charge in [0.05, 0.1) is 0 Å². The minimum absolute atomic E-state index is 0.320. The summed E-state index contributed by atoms with van der Waals surface area (Å²) < 4.78 is 0. The van der Waals surface area contributed by atoms with Gasteiger partial charge in [0, 0.05) is 28.9 Å². The van der Waals surface area contributed by atoms with Gasteiger partial charge in [-0.1, -0.05) is 34.6 Å². The molecule has 2 nitrogen and oxygen atoms in total. The molecule has 3 heteroatoms. The van der Waals surface area contributed by atoms with Crippen molar-refractivity contribution in [3.8, 4) is 0 Å². The molecule has 0 radical (unpaired) electrons. The Kier molecular flexibility index (Phi) is 6.89. The number of hydrogen-bond donors (Lipinski definition) is 1. The first-order valence-electron chi connectivity index (χ1n) is 8.10. The zero-order chi connectivity index (χ0) is 16.2. The highest BCUT2D eigenvalue weighted by atomic mass is 32.1. The van der Waals surface area contributed by atoms with E-state index in [9.17, 15) is 0 Å². The van der Waals surface area contributed by atoms with Crippen molar-refractivity contribution in [2.75, 3.05) is 13.6 Å². The van der Waals surface area contributed by atoms with Crippen LogP contribution in [0.25, 0.3) is 0 Å². The molecular weight excluding hydrogens is 276 g/mol. The second-order valence-electron chi connectivity index (χ2n) is 7.78. The van der Waals surface area contributed by atoms with Crippen LogP contribution in [0.4, 0.5) is 0 Å². The fraction of sp³-hybridized carbons (Fsp3) is 0.778. The average molecular weight is 311 g/mol. The van der Waals surface area contributed by atoms with Crippen LogP contribution in [0.3, 0.4) is 0 Å². The zero-order valence-corrected chi connectivity index (χ0v) is 16.0. The molecule has 0 fully saturated rings. The lowest BCUT2D eigenvalue weighted by molar-refractivity contribution is 0.134. The molecule has 1 heterocycles. The molecule has 1 N–H and O–H groups in total. The maximum atomic E-state index is 3.54. The van der Waals surface area contributed by atoms with E-state index in [2.05, 4.69) is 71.8 Å². The molecule has 0 aromatic carbocycles. The lowest BCUT2D eigenvalue weighted by Gasteiger charge is -2.35. The summed E-state index contributed by atoms with van der Waals surface area (Å²) in [5.41, 5.74) is 1.81. The summed E-state index contributed by atoms with van der Waals surface area (Å²) in [5.74, 6) is 0.712. The van der Waals surface area contributed by atoms with Crippen LogP contribution in [-0.2, 0) is 13.1 Å². The molecule has 1 aromatic heterocycles. The molecule has 21 heavy (non-hydrogen) atoms. The van der Waals surface area contributed by atoms with Crippen LogP contribution in [0, 0.1) is 18.3 Å². The lowest BCUT2D eigenvalue weighted by atomic mass is 9.87. The Morgan fingerprint density at radius 2 is 1.86 bits per heavy atom. The number of aryl methyl sites for hydroxylation is 1. The first-order chi connectivity index (χ1) is 9.61. The number of nitrogens with one attached hydrogen (secondary N) is 1. The molecule has 1 atom stereocenters. The van der Waals surface area contributed by atoms with Gasteiger partial charge in [-0.2, -0.15) is 0 Å². The number of rotatable bonds is 7. The van der Waals surface area contributed by atoms with Crippen molar-refractivity contribution in [1.82, 2.24) is 10.2 Å². The van der Waals surface area contributed by atoms with Gasteiger partial charge in [0.25, 0.3) is 0 Å². The molecule has 0 aliphatic carbocycles. The predicted octanol–water partition coefficient (Wildman–Crippen LogP) is 4.67. The van der Waals surface area contributed by atoms with Gasteiger partial charge in [0.1, 0.15) is 0 Å². The highest BCUT2D eigenvalue weighted by molar-refractivity contribution is 7.12. The molecule has 0 aliphatic heterocycles. The van der Waals surface area contributed by atoms with Crippen molar-refractivity contribution >= 4 is 11.3 Å². The third kappa shape index (κ3) is 6.09. The van der Waals surface area contributed by atoms with E-state index < -0.39 is 0 Å². The van der Waals surface area contributed by atoms with Crippen molar-refractivity contribution < 1.29 is 0 Å². The van der Waals surface area contributed by atoms with Crippen LogP contribution in [0.2, 0.25) is 0 Å². The maximum Gasteiger partial charge on any atom is 0.0300 e. The van der Waals surface area contributed by atoms with E-state index in [4.69, 9.17) is 0 Å². The Morgan fingerprint density at radius 3 is 2.38 bits per heavy atom. The van der Waals surface area contributed by atoms with Gasteiger partial charge in [0.2, 0.25) is 0 Å². The molecule has 122 valence electrons. The minimum Gasteiger partial charge on any atom is -0.312 e. The van der Waals surface area contributed by atoms with Crippen molar-refractivity contribution in [2.24, 2.45) is 11.3 Å². The molecule has 1 rings (SSSR count). The lowest BCUT2D eigenvalue weighted by Crippen LogP contribution is -2.38. The molecule has 0 bridgehead atoms. The molecule has 0 amide bonds. The van der Waals surface area contributed by atoms with Crippen molar-refractivity contribution in [3.63, 3.8) is 0 Å². The first kappa shape index (κ1) is 18.7. The summed E-state index contributed by atoms with van der Waals surface area (Å²) in [7, 11) is 2.24. The van der Waals surface area contributed by atoms with E-state index in [0.717, 1.165) is 19.6 Å². The number of nitrogens with zero attached hydrogens (tertiary/aromatic N) is 1. The Morgan fingerprint density at radius 1 is 1.24 bits per heavy atom. The summed E-state index contributed by atoms with van der Waals surface area (Å²) >= 11 is 1.94. The quantitative estimate of drug-likeness (QED) is 0.787. The van der Waals surface area contributed by atoms with Gasteiger partial charge in [-0.15, -0.1) is 11.3 Å². The van der Waals surface area contributed by atoms with Crippen LogP contribution in [-0.4, -0.2) is 24.5 Å². The normalized spacial score (nSPS) is 14.2. The van der Waals surface area contributed by atoms with E-state index in [1.807, 2.05) is 11.3 Å². The van der Waals surface area contributed by atoms with E-state index in [0.29, 0.717) is 17.4 Å². The summed E-state index contributed by atoms with van der Waals surface area (Å²) in [6.07, 6.45) is 0. The van der Waals surface area contributed by atoms with Crippen LogP contribution < -0.4 is 5.32 Å². The van der Waals surface area contributed by atoms with E-state index >= 15 is 0 Å². The summed E-state index contributed by atoms with van der Waals surface area (Å²) in [4.78, 5) is 5.39. The smallest absolute Gasteiger partial charge is 0.0300 e. The Labute approximate surface area is 135 Å². The first-order valence-corrected chi connectivity index (χ1v) is 8.92. The van der Waals surface area contributed by atoms with Gasteiger partial charge in [-0.25, -0.2) is 0 Å². The zero-order valence-electron chi connectivity index (χ0n) is 15.2.